The Balaban J connectivity index is 1.51. The zero-order valence-corrected chi connectivity index (χ0v) is 16.3. The minimum Gasteiger partial charge on any atom is -0.449 e. The third-order valence-electron chi connectivity index (χ3n) is 4.73. The first-order chi connectivity index (χ1) is 14.0. The number of carbonyl (C=O) groups is 2. The van der Waals surface area contributed by atoms with Crippen LogP contribution in [0.15, 0.2) is 34.4 Å². The minimum atomic E-state index is -1.06. The number of amides is 1. The Morgan fingerprint density at radius 3 is 3.00 bits per heavy atom. The lowest BCUT2D eigenvalue weighted by molar-refractivity contribution is -0.123. The zero-order valence-electron chi connectivity index (χ0n) is 15.5. The molecule has 1 atom stereocenters. The summed E-state index contributed by atoms with van der Waals surface area (Å²) in [6.45, 7) is 2.11. The smallest absolute Gasteiger partial charge is 0.338 e. The van der Waals surface area contributed by atoms with Gasteiger partial charge in [0.25, 0.3) is 11.5 Å². The molecule has 3 heterocycles. The van der Waals surface area contributed by atoms with Gasteiger partial charge in [0.05, 0.1) is 22.0 Å². The van der Waals surface area contributed by atoms with Crippen molar-refractivity contribution in [1.82, 2.24) is 9.55 Å². The van der Waals surface area contributed by atoms with Crippen LogP contribution in [0.25, 0.3) is 10.9 Å². The van der Waals surface area contributed by atoms with Gasteiger partial charge >= 0.3 is 5.97 Å². The molecule has 1 N–H and O–H groups in total. The molecule has 1 aliphatic heterocycles. The molecule has 29 heavy (non-hydrogen) atoms. The number of rotatable bonds is 4. The Kier molecular flexibility index (Phi) is 4.86. The summed E-state index contributed by atoms with van der Waals surface area (Å²) in [5, 5.41) is 14.1. The predicted octanol–water partition coefficient (Wildman–Crippen LogP) is 2.46. The number of fused-ring (bicyclic) bond motifs is 2. The standard InChI is InChI=1S/C20H16N4O4S/c1-11(17(25)23-18-13(10-21)6-8-29-18)28-20(27)12-4-5-14-15(9-12)22-16-3-2-7-24(16)19(14)26/h4-6,8-9,11H,2-3,7H2,1H3,(H,23,25)/t11-/m0/s1. The van der Waals surface area contributed by atoms with E-state index in [2.05, 4.69) is 10.3 Å². The SMILES string of the molecule is C[C@H](OC(=O)c1ccc2c(=O)n3c(nc2c1)CCC3)C(=O)Nc1sccc1C#N. The average molecular weight is 408 g/mol. The fourth-order valence-corrected chi connectivity index (χ4v) is 3.94. The first-order valence-electron chi connectivity index (χ1n) is 9.01. The maximum atomic E-state index is 12.5. The highest BCUT2D eigenvalue weighted by Gasteiger charge is 2.22. The van der Waals surface area contributed by atoms with E-state index in [1.807, 2.05) is 6.07 Å². The Hall–Kier alpha value is -3.51. The summed E-state index contributed by atoms with van der Waals surface area (Å²) in [5.74, 6) is -0.513. The Labute approximate surface area is 169 Å². The highest BCUT2D eigenvalue weighted by molar-refractivity contribution is 7.14. The Morgan fingerprint density at radius 2 is 2.21 bits per heavy atom. The predicted molar refractivity (Wildman–Crippen MR) is 107 cm³/mol. The van der Waals surface area contributed by atoms with Crippen LogP contribution in [0.3, 0.4) is 0 Å². The van der Waals surface area contributed by atoms with Gasteiger partial charge in [0.15, 0.2) is 6.10 Å². The molecule has 9 heteroatoms. The number of aryl methyl sites for hydroxylation is 1. The summed E-state index contributed by atoms with van der Waals surface area (Å²) < 4.78 is 6.91. The van der Waals surface area contributed by atoms with Crippen LogP contribution in [0.5, 0.6) is 0 Å². The number of hydrogen-bond donors (Lipinski definition) is 1. The van der Waals surface area contributed by atoms with E-state index < -0.39 is 18.0 Å². The fraction of sp³-hybridized carbons (Fsp3) is 0.250. The second-order valence-electron chi connectivity index (χ2n) is 6.63. The molecule has 2 aromatic heterocycles. The molecule has 0 unspecified atom stereocenters. The lowest BCUT2D eigenvalue weighted by Crippen LogP contribution is -2.30. The van der Waals surface area contributed by atoms with Crippen molar-refractivity contribution in [3.63, 3.8) is 0 Å². The van der Waals surface area contributed by atoms with Crippen LogP contribution in [0.4, 0.5) is 5.00 Å². The molecule has 0 fully saturated rings. The summed E-state index contributed by atoms with van der Waals surface area (Å²) in [6, 6.07) is 8.14. The largest absolute Gasteiger partial charge is 0.449 e. The number of thiophene rings is 1. The van der Waals surface area contributed by atoms with E-state index in [0.29, 0.717) is 33.8 Å². The average Bonchev–Trinajstić information content (AvgIpc) is 3.36. The summed E-state index contributed by atoms with van der Waals surface area (Å²) in [5.41, 5.74) is 0.883. The number of nitrogens with one attached hydrogen (secondary N) is 1. The van der Waals surface area contributed by atoms with Crippen molar-refractivity contribution >= 4 is 39.1 Å². The molecule has 3 aromatic rings. The number of nitrogens with zero attached hydrogens (tertiary/aromatic N) is 3. The molecule has 8 nitrogen and oxygen atoms in total. The van der Waals surface area contributed by atoms with Gasteiger partial charge in [0.1, 0.15) is 16.9 Å². The Morgan fingerprint density at radius 1 is 1.38 bits per heavy atom. The van der Waals surface area contributed by atoms with Crippen molar-refractivity contribution in [2.75, 3.05) is 5.32 Å². The van der Waals surface area contributed by atoms with Gasteiger partial charge in [-0.2, -0.15) is 5.26 Å². The Bertz CT molecular complexity index is 1240. The van der Waals surface area contributed by atoms with E-state index >= 15 is 0 Å². The maximum Gasteiger partial charge on any atom is 0.338 e. The van der Waals surface area contributed by atoms with Gasteiger partial charge in [-0.3, -0.25) is 14.2 Å². The molecule has 1 aliphatic rings. The summed E-state index contributed by atoms with van der Waals surface area (Å²) in [6.07, 6.45) is 0.535. The molecule has 0 radical (unpaired) electrons. The van der Waals surface area contributed by atoms with Gasteiger partial charge in [0, 0.05) is 13.0 Å². The summed E-state index contributed by atoms with van der Waals surface area (Å²) >= 11 is 1.21. The summed E-state index contributed by atoms with van der Waals surface area (Å²) in [7, 11) is 0. The van der Waals surface area contributed by atoms with E-state index in [0.717, 1.165) is 12.8 Å². The number of esters is 1. The second-order valence-corrected chi connectivity index (χ2v) is 7.55. The molecule has 0 aliphatic carbocycles. The molecule has 146 valence electrons. The number of hydrogen-bond acceptors (Lipinski definition) is 7. The molecular formula is C20H16N4O4S. The van der Waals surface area contributed by atoms with Crippen LogP contribution in [0.2, 0.25) is 0 Å². The number of ether oxygens (including phenoxy) is 1. The first kappa shape index (κ1) is 18.8. The molecule has 0 bridgehead atoms. The van der Waals surface area contributed by atoms with E-state index in [1.54, 1.807) is 22.1 Å². The van der Waals surface area contributed by atoms with Crippen molar-refractivity contribution in [1.29, 1.82) is 5.26 Å². The van der Waals surface area contributed by atoms with E-state index in [1.165, 1.54) is 30.4 Å². The van der Waals surface area contributed by atoms with Gasteiger partial charge in [-0.25, -0.2) is 9.78 Å². The third kappa shape index (κ3) is 3.50. The highest BCUT2D eigenvalue weighted by atomic mass is 32.1. The van der Waals surface area contributed by atoms with Gasteiger partial charge in [-0.15, -0.1) is 11.3 Å². The van der Waals surface area contributed by atoms with Gasteiger partial charge < -0.3 is 10.1 Å². The van der Waals surface area contributed by atoms with Crippen LogP contribution in [0, 0.1) is 11.3 Å². The number of carbonyl (C=O) groups excluding carboxylic acids is 2. The van der Waals surface area contributed by atoms with Crippen LogP contribution in [-0.4, -0.2) is 27.5 Å². The van der Waals surface area contributed by atoms with Crippen LogP contribution < -0.4 is 10.9 Å². The van der Waals surface area contributed by atoms with Crippen molar-refractivity contribution in [2.45, 2.75) is 32.4 Å². The third-order valence-corrected chi connectivity index (χ3v) is 5.56. The minimum absolute atomic E-state index is 0.112. The molecule has 1 aromatic carbocycles. The maximum absolute atomic E-state index is 12.5. The van der Waals surface area contributed by atoms with E-state index in [9.17, 15) is 14.4 Å². The van der Waals surface area contributed by atoms with Crippen LogP contribution >= 0.6 is 11.3 Å². The number of anilines is 1. The highest BCUT2D eigenvalue weighted by Crippen LogP contribution is 2.22. The van der Waals surface area contributed by atoms with Crippen molar-refractivity contribution in [3.05, 3.63) is 57.0 Å². The number of aromatic nitrogens is 2. The molecule has 0 saturated carbocycles. The van der Waals surface area contributed by atoms with Crippen molar-refractivity contribution in [2.24, 2.45) is 0 Å². The van der Waals surface area contributed by atoms with Crippen LogP contribution in [0.1, 0.15) is 35.1 Å². The van der Waals surface area contributed by atoms with E-state index in [-0.39, 0.29) is 11.1 Å². The second kappa shape index (κ2) is 7.48. The fourth-order valence-electron chi connectivity index (χ4n) is 3.20. The normalized spacial score (nSPS) is 13.5. The summed E-state index contributed by atoms with van der Waals surface area (Å²) in [4.78, 5) is 41.8. The first-order valence-corrected chi connectivity index (χ1v) is 9.89. The van der Waals surface area contributed by atoms with Crippen molar-refractivity contribution in [3.8, 4) is 6.07 Å². The molecule has 4 rings (SSSR count). The van der Waals surface area contributed by atoms with Crippen molar-refractivity contribution < 1.29 is 14.3 Å². The monoisotopic (exact) mass is 408 g/mol. The lowest BCUT2D eigenvalue weighted by atomic mass is 10.1. The topological polar surface area (TPSA) is 114 Å². The number of benzene rings is 1. The quantitative estimate of drug-likeness (QED) is 0.663. The molecular weight excluding hydrogens is 392 g/mol. The lowest BCUT2D eigenvalue weighted by Gasteiger charge is -2.13. The molecule has 0 saturated heterocycles. The molecule has 1 amide bonds. The number of nitriles is 1. The molecule has 0 spiro atoms. The van der Waals surface area contributed by atoms with Gasteiger partial charge in [0.2, 0.25) is 0 Å². The van der Waals surface area contributed by atoms with E-state index in [4.69, 9.17) is 10.00 Å². The van der Waals surface area contributed by atoms with Crippen LogP contribution in [-0.2, 0) is 22.5 Å². The van der Waals surface area contributed by atoms with Gasteiger partial charge in [-0.05, 0) is 43.0 Å². The van der Waals surface area contributed by atoms with Gasteiger partial charge in [-0.1, -0.05) is 0 Å². The zero-order chi connectivity index (χ0) is 20.5.